The fourth-order valence-corrected chi connectivity index (χ4v) is 3.94. The van der Waals surface area contributed by atoms with Crippen LogP contribution in [0.3, 0.4) is 0 Å². The van der Waals surface area contributed by atoms with Gasteiger partial charge < -0.3 is 14.1 Å². The summed E-state index contributed by atoms with van der Waals surface area (Å²) in [4.78, 5) is 26.6. The van der Waals surface area contributed by atoms with E-state index in [1.54, 1.807) is 18.2 Å². The summed E-state index contributed by atoms with van der Waals surface area (Å²) < 4.78 is 24.1. The number of halogens is 1. The summed E-state index contributed by atoms with van der Waals surface area (Å²) in [6.07, 6.45) is 2.44. The Morgan fingerprint density at radius 2 is 1.83 bits per heavy atom. The van der Waals surface area contributed by atoms with Crippen molar-refractivity contribution in [1.29, 1.82) is 0 Å². The number of para-hydroxylation sites is 1. The number of carbonyl (C=O) groups is 1. The number of carbonyl (C=O) groups excluding carboxylic acids is 1. The Morgan fingerprint density at radius 1 is 1.10 bits per heavy atom. The van der Waals surface area contributed by atoms with Crippen LogP contribution in [0.25, 0.3) is 11.0 Å². The van der Waals surface area contributed by atoms with Gasteiger partial charge in [-0.15, -0.1) is 0 Å². The van der Waals surface area contributed by atoms with Crippen molar-refractivity contribution < 1.29 is 18.3 Å². The molecule has 4 rings (SSSR count). The lowest BCUT2D eigenvalue weighted by atomic mass is 9.89. The molecule has 1 aliphatic heterocycles. The molecule has 0 amide bonds. The molecule has 0 aliphatic carbocycles. The zero-order valence-electron chi connectivity index (χ0n) is 16.7. The molecule has 0 spiro atoms. The number of Topliss-reactive ketones (excluding diaryl/α,β-unsaturated/α-hetero) is 1. The van der Waals surface area contributed by atoms with E-state index in [0.717, 1.165) is 44.3 Å². The van der Waals surface area contributed by atoms with Gasteiger partial charge in [0.15, 0.2) is 5.78 Å². The van der Waals surface area contributed by atoms with Gasteiger partial charge in [-0.05, 0) is 68.8 Å². The van der Waals surface area contributed by atoms with E-state index in [0.29, 0.717) is 23.5 Å². The maximum absolute atomic E-state index is 13.0. The SMILES string of the molecule is O=C(c1ccc(F)cc1)C1CCN(CCCOc2cc(=O)oc3ccccc23)CC1. The minimum atomic E-state index is -0.420. The number of benzene rings is 2. The number of fused-ring (bicyclic) bond motifs is 1. The number of nitrogens with zero attached hydrogens (tertiary/aromatic N) is 1. The molecule has 156 valence electrons. The molecule has 5 nitrogen and oxygen atoms in total. The summed E-state index contributed by atoms with van der Waals surface area (Å²) in [5, 5.41) is 0.789. The van der Waals surface area contributed by atoms with E-state index in [1.807, 2.05) is 18.2 Å². The molecule has 0 atom stereocenters. The molecule has 1 aromatic heterocycles. The van der Waals surface area contributed by atoms with Gasteiger partial charge in [0.1, 0.15) is 17.1 Å². The maximum atomic E-state index is 13.0. The van der Waals surface area contributed by atoms with Crippen LogP contribution in [0.5, 0.6) is 5.75 Å². The van der Waals surface area contributed by atoms with E-state index < -0.39 is 5.63 Å². The molecular formula is C24H24FNO4. The van der Waals surface area contributed by atoms with E-state index in [2.05, 4.69) is 4.90 Å². The predicted octanol–water partition coefficient (Wildman–Crippen LogP) is 4.30. The van der Waals surface area contributed by atoms with Gasteiger partial charge in [0, 0.05) is 18.0 Å². The standard InChI is InChI=1S/C24H24FNO4/c25-19-8-6-17(7-9-19)24(28)18-10-13-26(14-11-18)12-3-15-29-22-16-23(27)30-21-5-2-1-4-20(21)22/h1-2,4-9,16,18H,3,10-15H2. The highest BCUT2D eigenvalue weighted by atomic mass is 19.1. The Labute approximate surface area is 174 Å². The molecule has 1 aliphatic rings. The Hall–Kier alpha value is -2.99. The van der Waals surface area contributed by atoms with Crippen LogP contribution < -0.4 is 10.4 Å². The van der Waals surface area contributed by atoms with Crippen molar-refractivity contribution in [2.75, 3.05) is 26.2 Å². The van der Waals surface area contributed by atoms with E-state index in [1.165, 1.54) is 18.2 Å². The highest BCUT2D eigenvalue weighted by molar-refractivity contribution is 5.97. The smallest absolute Gasteiger partial charge is 0.339 e. The van der Waals surface area contributed by atoms with Crippen molar-refractivity contribution >= 4 is 16.8 Å². The van der Waals surface area contributed by atoms with Crippen LogP contribution >= 0.6 is 0 Å². The Balaban J connectivity index is 1.23. The molecule has 0 radical (unpaired) electrons. The Morgan fingerprint density at radius 3 is 2.60 bits per heavy atom. The molecule has 2 heterocycles. The monoisotopic (exact) mass is 409 g/mol. The van der Waals surface area contributed by atoms with Crippen molar-refractivity contribution in [2.45, 2.75) is 19.3 Å². The molecule has 0 unspecified atom stereocenters. The third-order valence-electron chi connectivity index (χ3n) is 5.58. The van der Waals surface area contributed by atoms with E-state index in [9.17, 15) is 14.0 Å². The fraction of sp³-hybridized carbons (Fsp3) is 0.333. The van der Waals surface area contributed by atoms with Crippen molar-refractivity contribution in [3.8, 4) is 5.75 Å². The average Bonchev–Trinajstić information content (AvgIpc) is 2.77. The van der Waals surface area contributed by atoms with Crippen LogP contribution in [0.2, 0.25) is 0 Å². The van der Waals surface area contributed by atoms with E-state index in [4.69, 9.17) is 9.15 Å². The molecule has 0 N–H and O–H groups in total. The lowest BCUT2D eigenvalue weighted by Gasteiger charge is -2.31. The van der Waals surface area contributed by atoms with Crippen LogP contribution in [-0.4, -0.2) is 36.9 Å². The lowest BCUT2D eigenvalue weighted by Crippen LogP contribution is -2.37. The molecule has 6 heteroatoms. The predicted molar refractivity (Wildman–Crippen MR) is 112 cm³/mol. The third kappa shape index (κ3) is 4.76. The van der Waals surface area contributed by atoms with Gasteiger partial charge in [-0.25, -0.2) is 9.18 Å². The first kappa shape index (κ1) is 20.3. The normalized spacial score (nSPS) is 15.4. The number of hydrogen-bond acceptors (Lipinski definition) is 5. The first-order valence-electron chi connectivity index (χ1n) is 10.3. The van der Waals surface area contributed by atoms with Crippen LogP contribution in [-0.2, 0) is 0 Å². The summed E-state index contributed by atoms with van der Waals surface area (Å²) in [5.74, 6) is 0.323. The van der Waals surface area contributed by atoms with Gasteiger partial charge in [0.2, 0.25) is 0 Å². The van der Waals surface area contributed by atoms with Gasteiger partial charge in [-0.1, -0.05) is 12.1 Å². The number of likely N-dealkylation sites (tertiary alicyclic amines) is 1. The molecule has 3 aromatic rings. The topological polar surface area (TPSA) is 59.8 Å². The minimum absolute atomic E-state index is 0.00197. The van der Waals surface area contributed by atoms with Gasteiger partial charge in [-0.3, -0.25) is 4.79 Å². The lowest BCUT2D eigenvalue weighted by molar-refractivity contribution is 0.0835. The first-order valence-corrected chi connectivity index (χ1v) is 10.3. The number of ketones is 1. The van der Waals surface area contributed by atoms with Crippen molar-refractivity contribution in [3.05, 3.63) is 76.4 Å². The number of piperidine rings is 1. The summed E-state index contributed by atoms with van der Waals surface area (Å²) in [6.45, 7) is 3.09. The molecule has 30 heavy (non-hydrogen) atoms. The molecule has 2 aromatic carbocycles. The fourth-order valence-electron chi connectivity index (χ4n) is 3.94. The summed E-state index contributed by atoms with van der Waals surface area (Å²) in [5.41, 5.74) is 0.687. The van der Waals surface area contributed by atoms with Crippen LogP contribution in [0.4, 0.5) is 4.39 Å². The van der Waals surface area contributed by atoms with E-state index >= 15 is 0 Å². The zero-order chi connectivity index (χ0) is 20.9. The van der Waals surface area contributed by atoms with Gasteiger partial charge in [0.25, 0.3) is 0 Å². The van der Waals surface area contributed by atoms with Gasteiger partial charge in [0.05, 0.1) is 18.1 Å². The molecule has 1 saturated heterocycles. The maximum Gasteiger partial charge on any atom is 0.339 e. The Bertz CT molecular complexity index is 1070. The third-order valence-corrected chi connectivity index (χ3v) is 5.58. The molecule has 0 bridgehead atoms. The zero-order valence-corrected chi connectivity index (χ0v) is 16.7. The van der Waals surface area contributed by atoms with Crippen molar-refractivity contribution in [1.82, 2.24) is 4.90 Å². The first-order chi connectivity index (χ1) is 14.6. The van der Waals surface area contributed by atoms with Crippen LogP contribution in [0, 0.1) is 11.7 Å². The van der Waals surface area contributed by atoms with Crippen LogP contribution in [0.15, 0.2) is 63.8 Å². The highest BCUT2D eigenvalue weighted by Gasteiger charge is 2.25. The van der Waals surface area contributed by atoms with Gasteiger partial charge >= 0.3 is 5.63 Å². The molecular weight excluding hydrogens is 385 g/mol. The second kappa shape index (κ2) is 9.22. The van der Waals surface area contributed by atoms with Crippen molar-refractivity contribution in [2.24, 2.45) is 5.92 Å². The average molecular weight is 409 g/mol. The minimum Gasteiger partial charge on any atom is -0.492 e. The molecule has 0 saturated carbocycles. The highest BCUT2D eigenvalue weighted by Crippen LogP contribution is 2.24. The number of rotatable bonds is 7. The number of ether oxygens (including phenoxy) is 1. The summed E-state index contributed by atoms with van der Waals surface area (Å²) in [6, 6.07) is 14.5. The summed E-state index contributed by atoms with van der Waals surface area (Å²) >= 11 is 0. The second-order valence-corrected chi connectivity index (χ2v) is 7.61. The molecule has 1 fully saturated rings. The second-order valence-electron chi connectivity index (χ2n) is 7.61. The van der Waals surface area contributed by atoms with Crippen molar-refractivity contribution in [3.63, 3.8) is 0 Å². The Kier molecular flexibility index (Phi) is 6.23. The van der Waals surface area contributed by atoms with Crippen LogP contribution in [0.1, 0.15) is 29.6 Å². The largest absolute Gasteiger partial charge is 0.492 e. The van der Waals surface area contributed by atoms with Gasteiger partial charge in [-0.2, -0.15) is 0 Å². The number of hydrogen-bond donors (Lipinski definition) is 0. The quantitative estimate of drug-likeness (QED) is 0.331. The van der Waals surface area contributed by atoms with E-state index in [-0.39, 0.29) is 17.5 Å². The summed E-state index contributed by atoms with van der Waals surface area (Å²) in [7, 11) is 0.